The lowest BCUT2D eigenvalue weighted by Gasteiger charge is -2.11. The maximum Gasteiger partial charge on any atom is 0.239 e. The van der Waals surface area contributed by atoms with Crippen LogP contribution in [0.1, 0.15) is 0 Å². The van der Waals surface area contributed by atoms with E-state index in [2.05, 4.69) is 16.0 Å². The van der Waals surface area contributed by atoms with Gasteiger partial charge in [-0.05, 0) is 36.5 Å². The summed E-state index contributed by atoms with van der Waals surface area (Å²) in [5.74, 6) is 0.632. The lowest BCUT2D eigenvalue weighted by atomic mass is 10.3. The van der Waals surface area contributed by atoms with Crippen LogP contribution in [0.15, 0.2) is 24.3 Å². The van der Waals surface area contributed by atoms with Crippen LogP contribution in [0, 0.1) is 0 Å². The van der Waals surface area contributed by atoms with E-state index in [0.717, 1.165) is 11.4 Å². The van der Waals surface area contributed by atoms with Gasteiger partial charge in [0, 0.05) is 19.3 Å². The molecule has 0 radical (unpaired) electrons. The molecule has 0 aliphatic rings. The van der Waals surface area contributed by atoms with Crippen molar-refractivity contribution in [3.8, 4) is 5.75 Å². The van der Waals surface area contributed by atoms with Crippen molar-refractivity contribution in [3.63, 3.8) is 0 Å². The zero-order valence-corrected chi connectivity index (χ0v) is 12.4. The van der Waals surface area contributed by atoms with Crippen LogP contribution in [0.5, 0.6) is 5.75 Å². The fourth-order valence-electron chi connectivity index (χ4n) is 1.37. The average Bonchev–Trinajstić information content (AvgIpc) is 2.46. The molecular formula is C13H19N3O3S. The second-order valence-electron chi connectivity index (χ2n) is 3.88. The number of hydrogen-bond acceptors (Lipinski definition) is 4. The molecule has 6 nitrogen and oxygen atoms in total. The Morgan fingerprint density at radius 3 is 2.50 bits per heavy atom. The van der Waals surface area contributed by atoms with Gasteiger partial charge in [-0.15, -0.1) is 0 Å². The zero-order chi connectivity index (χ0) is 14.8. The molecule has 0 aromatic heterocycles. The molecular weight excluding hydrogens is 278 g/mol. The molecule has 1 rings (SSSR count). The summed E-state index contributed by atoms with van der Waals surface area (Å²) in [6.07, 6.45) is 0. The van der Waals surface area contributed by atoms with Crippen LogP contribution in [0.4, 0.5) is 5.69 Å². The highest BCUT2D eigenvalue weighted by Gasteiger charge is 2.02. The largest absolute Gasteiger partial charge is 0.497 e. The fraction of sp³-hybridized carbons (Fsp3) is 0.385. The van der Waals surface area contributed by atoms with Crippen molar-refractivity contribution >= 4 is 28.9 Å². The first-order valence-corrected chi connectivity index (χ1v) is 6.51. The monoisotopic (exact) mass is 297 g/mol. The normalized spacial score (nSPS) is 9.70. The van der Waals surface area contributed by atoms with Crippen LogP contribution in [0.2, 0.25) is 0 Å². The molecule has 0 aliphatic carbocycles. The molecule has 110 valence electrons. The summed E-state index contributed by atoms with van der Waals surface area (Å²) in [5.41, 5.74) is 0.822. The van der Waals surface area contributed by atoms with Gasteiger partial charge in [-0.25, -0.2) is 0 Å². The first-order chi connectivity index (χ1) is 9.65. The van der Waals surface area contributed by atoms with E-state index < -0.39 is 0 Å². The van der Waals surface area contributed by atoms with E-state index in [4.69, 9.17) is 21.7 Å². The topological polar surface area (TPSA) is 71.6 Å². The standard InChI is InChI=1S/C13H19N3O3S/c1-18-8-7-14-12(17)9-15-13(20)16-10-3-5-11(19-2)6-4-10/h3-6H,7-9H2,1-2H3,(H,14,17)(H2,15,16,20). The number of carbonyl (C=O) groups is 1. The molecule has 0 spiro atoms. The number of benzene rings is 1. The maximum atomic E-state index is 11.4. The van der Waals surface area contributed by atoms with Crippen LogP contribution < -0.4 is 20.7 Å². The Labute approximate surface area is 123 Å². The van der Waals surface area contributed by atoms with Crippen molar-refractivity contribution in [2.45, 2.75) is 0 Å². The van der Waals surface area contributed by atoms with Gasteiger partial charge in [0.25, 0.3) is 0 Å². The number of hydrogen-bond donors (Lipinski definition) is 3. The van der Waals surface area contributed by atoms with E-state index in [-0.39, 0.29) is 12.5 Å². The smallest absolute Gasteiger partial charge is 0.239 e. The van der Waals surface area contributed by atoms with E-state index in [1.54, 1.807) is 14.2 Å². The van der Waals surface area contributed by atoms with Gasteiger partial charge in [0.15, 0.2) is 5.11 Å². The predicted octanol–water partition coefficient (Wildman–Crippen LogP) is 0.744. The summed E-state index contributed by atoms with van der Waals surface area (Å²) in [5, 5.41) is 8.87. The van der Waals surface area contributed by atoms with Crippen LogP contribution in [-0.4, -0.2) is 44.9 Å². The predicted molar refractivity (Wildman–Crippen MR) is 82.1 cm³/mol. The highest BCUT2D eigenvalue weighted by molar-refractivity contribution is 7.80. The third kappa shape index (κ3) is 6.35. The van der Waals surface area contributed by atoms with Gasteiger partial charge in [-0.2, -0.15) is 0 Å². The number of ether oxygens (including phenoxy) is 2. The van der Waals surface area contributed by atoms with Crippen molar-refractivity contribution < 1.29 is 14.3 Å². The molecule has 0 unspecified atom stereocenters. The van der Waals surface area contributed by atoms with Crippen LogP contribution >= 0.6 is 12.2 Å². The fourth-order valence-corrected chi connectivity index (χ4v) is 1.56. The molecule has 0 bridgehead atoms. The van der Waals surface area contributed by atoms with Crippen molar-refractivity contribution in [2.75, 3.05) is 39.2 Å². The van der Waals surface area contributed by atoms with Crippen molar-refractivity contribution in [2.24, 2.45) is 0 Å². The van der Waals surface area contributed by atoms with Gasteiger partial charge in [-0.1, -0.05) is 0 Å². The van der Waals surface area contributed by atoms with E-state index in [1.165, 1.54) is 0 Å². The zero-order valence-electron chi connectivity index (χ0n) is 11.6. The van der Waals surface area contributed by atoms with E-state index in [1.807, 2.05) is 24.3 Å². The third-order valence-electron chi connectivity index (χ3n) is 2.39. The minimum absolute atomic E-state index is 0.117. The Morgan fingerprint density at radius 2 is 1.90 bits per heavy atom. The van der Waals surface area contributed by atoms with Crippen molar-refractivity contribution in [1.29, 1.82) is 0 Å². The Hall–Kier alpha value is -1.86. The lowest BCUT2D eigenvalue weighted by Crippen LogP contribution is -2.39. The second-order valence-corrected chi connectivity index (χ2v) is 4.29. The molecule has 20 heavy (non-hydrogen) atoms. The molecule has 1 aromatic rings. The Bertz CT molecular complexity index is 437. The Kier molecular flexibility index (Phi) is 7.38. The number of amides is 1. The van der Waals surface area contributed by atoms with Crippen molar-refractivity contribution in [1.82, 2.24) is 10.6 Å². The average molecular weight is 297 g/mol. The van der Waals surface area contributed by atoms with Gasteiger partial charge in [0.1, 0.15) is 5.75 Å². The van der Waals surface area contributed by atoms with E-state index in [9.17, 15) is 4.79 Å². The molecule has 3 N–H and O–H groups in total. The first kappa shape index (κ1) is 16.2. The third-order valence-corrected chi connectivity index (χ3v) is 2.63. The number of thiocarbonyl (C=S) groups is 1. The molecule has 1 amide bonds. The second kappa shape index (κ2) is 9.11. The summed E-state index contributed by atoms with van der Waals surface area (Å²) < 4.78 is 9.89. The summed E-state index contributed by atoms with van der Waals surface area (Å²) in [4.78, 5) is 11.4. The van der Waals surface area contributed by atoms with Gasteiger partial charge >= 0.3 is 0 Å². The molecule has 1 aromatic carbocycles. The SMILES string of the molecule is COCCNC(=O)CNC(=S)Nc1ccc(OC)cc1. The summed E-state index contributed by atoms with van der Waals surface area (Å²) >= 11 is 5.09. The van der Waals surface area contributed by atoms with E-state index in [0.29, 0.717) is 18.3 Å². The summed E-state index contributed by atoms with van der Waals surface area (Å²) in [7, 11) is 3.19. The summed E-state index contributed by atoms with van der Waals surface area (Å²) in [6.45, 7) is 1.08. The number of carbonyl (C=O) groups excluding carboxylic acids is 1. The van der Waals surface area contributed by atoms with Crippen LogP contribution in [0.3, 0.4) is 0 Å². The maximum absolute atomic E-state index is 11.4. The Balaban J connectivity index is 2.27. The highest BCUT2D eigenvalue weighted by atomic mass is 32.1. The minimum atomic E-state index is -0.138. The van der Waals surface area contributed by atoms with E-state index >= 15 is 0 Å². The molecule has 7 heteroatoms. The van der Waals surface area contributed by atoms with Gasteiger partial charge in [0.05, 0.1) is 20.3 Å². The molecule has 0 atom stereocenters. The van der Waals surface area contributed by atoms with Gasteiger partial charge in [0.2, 0.25) is 5.91 Å². The van der Waals surface area contributed by atoms with Gasteiger partial charge < -0.3 is 25.4 Å². The summed E-state index contributed by atoms with van der Waals surface area (Å²) in [6, 6.07) is 7.32. The van der Waals surface area contributed by atoms with Gasteiger partial charge in [-0.3, -0.25) is 4.79 Å². The molecule has 0 aliphatic heterocycles. The molecule has 0 heterocycles. The first-order valence-electron chi connectivity index (χ1n) is 6.10. The highest BCUT2D eigenvalue weighted by Crippen LogP contribution is 2.14. The van der Waals surface area contributed by atoms with Crippen LogP contribution in [0.25, 0.3) is 0 Å². The number of anilines is 1. The van der Waals surface area contributed by atoms with Crippen LogP contribution in [-0.2, 0) is 9.53 Å². The number of methoxy groups -OCH3 is 2. The molecule has 0 fully saturated rings. The minimum Gasteiger partial charge on any atom is -0.497 e. The molecule has 0 saturated carbocycles. The number of nitrogens with one attached hydrogen (secondary N) is 3. The van der Waals surface area contributed by atoms with Crippen molar-refractivity contribution in [3.05, 3.63) is 24.3 Å². The molecule has 0 saturated heterocycles. The Morgan fingerprint density at radius 1 is 1.20 bits per heavy atom. The number of rotatable bonds is 7. The lowest BCUT2D eigenvalue weighted by molar-refractivity contribution is -0.120. The quantitative estimate of drug-likeness (QED) is 0.509.